The fourth-order valence-electron chi connectivity index (χ4n) is 1.90. The van der Waals surface area contributed by atoms with Gasteiger partial charge in [-0.25, -0.2) is 9.97 Å². The topological polar surface area (TPSA) is 63.8 Å². The van der Waals surface area contributed by atoms with Gasteiger partial charge in [-0.3, -0.25) is 0 Å². The largest absolute Gasteiger partial charge is 0.387 e. The van der Waals surface area contributed by atoms with Crippen molar-refractivity contribution in [1.82, 2.24) is 19.7 Å². The van der Waals surface area contributed by atoms with E-state index in [1.807, 2.05) is 6.07 Å². The van der Waals surface area contributed by atoms with Crippen LogP contribution in [0.3, 0.4) is 0 Å². The smallest absolute Gasteiger partial charge is 0.251 e. The second-order valence-corrected chi connectivity index (χ2v) is 5.03. The SMILES string of the molecule is CC(O)c1nn(-c2ncc(Br)cn2)c2c[c]ccc12. The molecule has 19 heavy (non-hydrogen) atoms. The van der Waals surface area contributed by atoms with Gasteiger partial charge in [0.25, 0.3) is 5.95 Å². The van der Waals surface area contributed by atoms with Gasteiger partial charge in [-0.05, 0) is 35.0 Å². The van der Waals surface area contributed by atoms with Crippen molar-refractivity contribution in [1.29, 1.82) is 0 Å². The maximum Gasteiger partial charge on any atom is 0.251 e. The zero-order valence-corrected chi connectivity index (χ0v) is 11.7. The predicted molar refractivity (Wildman–Crippen MR) is 73.8 cm³/mol. The van der Waals surface area contributed by atoms with E-state index in [1.54, 1.807) is 36.1 Å². The third-order valence-electron chi connectivity index (χ3n) is 2.75. The monoisotopic (exact) mass is 317 g/mol. The van der Waals surface area contributed by atoms with Crippen LogP contribution in [-0.2, 0) is 0 Å². The third kappa shape index (κ3) is 2.13. The van der Waals surface area contributed by atoms with Crippen LogP contribution in [0, 0.1) is 6.07 Å². The van der Waals surface area contributed by atoms with Gasteiger partial charge < -0.3 is 5.11 Å². The summed E-state index contributed by atoms with van der Waals surface area (Å²) in [6.45, 7) is 1.69. The molecule has 0 spiro atoms. The van der Waals surface area contributed by atoms with E-state index >= 15 is 0 Å². The zero-order chi connectivity index (χ0) is 13.4. The Kier molecular flexibility index (Phi) is 3.04. The molecule has 0 aliphatic carbocycles. The first-order chi connectivity index (χ1) is 9.16. The zero-order valence-electron chi connectivity index (χ0n) is 10.1. The first-order valence-electron chi connectivity index (χ1n) is 5.71. The summed E-state index contributed by atoms with van der Waals surface area (Å²) in [5.74, 6) is 0.458. The highest BCUT2D eigenvalue weighted by Gasteiger charge is 2.16. The van der Waals surface area contributed by atoms with Gasteiger partial charge in [0.15, 0.2) is 0 Å². The first kappa shape index (κ1) is 12.3. The number of aliphatic hydroxyl groups excluding tert-OH is 1. The second-order valence-electron chi connectivity index (χ2n) is 4.12. The van der Waals surface area contributed by atoms with Crippen LogP contribution in [-0.4, -0.2) is 24.9 Å². The fraction of sp³-hybridized carbons (Fsp3) is 0.154. The van der Waals surface area contributed by atoms with Crippen molar-refractivity contribution in [3.8, 4) is 5.95 Å². The van der Waals surface area contributed by atoms with E-state index < -0.39 is 6.10 Å². The van der Waals surface area contributed by atoms with Crippen LogP contribution < -0.4 is 0 Å². The minimum Gasteiger partial charge on any atom is -0.387 e. The Bertz CT molecular complexity index is 721. The average molecular weight is 318 g/mol. The molecule has 3 rings (SSSR count). The predicted octanol–water partition coefficient (Wildman–Crippen LogP) is 2.43. The summed E-state index contributed by atoms with van der Waals surface area (Å²) in [6, 6.07) is 8.48. The van der Waals surface area contributed by atoms with Gasteiger partial charge in [0.2, 0.25) is 0 Å². The van der Waals surface area contributed by atoms with E-state index in [0.717, 1.165) is 15.4 Å². The number of aromatic nitrogens is 4. The summed E-state index contributed by atoms with van der Waals surface area (Å²) in [4.78, 5) is 8.44. The fourth-order valence-corrected chi connectivity index (χ4v) is 2.11. The van der Waals surface area contributed by atoms with E-state index in [-0.39, 0.29) is 0 Å². The quantitative estimate of drug-likeness (QED) is 0.788. The van der Waals surface area contributed by atoms with Crippen LogP contribution in [0.15, 0.2) is 35.1 Å². The third-order valence-corrected chi connectivity index (χ3v) is 3.16. The molecule has 1 radical (unpaired) electrons. The Hall–Kier alpha value is -1.79. The first-order valence-corrected chi connectivity index (χ1v) is 6.51. The normalized spacial score (nSPS) is 12.8. The summed E-state index contributed by atoms with van der Waals surface area (Å²) >= 11 is 3.30. The average Bonchev–Trinajstić information content (AvgIpc) is 2.79. The van der Waals surface area contributed by atoms with Crippen molar-refractivity contribution in [2.45, 2.75) is 13.0 Å². The van der Waals surface area contributed by atoms with Gasteiger partial charge in [0.1, 0.15) is 0 Å². The van der Waals surface area contributed by atoms with Gasteiger partial charge in [0, 0.05) is 17.8 Å². The number of nitrogens with zero attached hydrogens (tertiary/aromatic N) is 4. The highest BCUT2D eigenvalue weighted by atomic mass is 79.9. The number of benzene rings is 1. The van der Waals surface area contributed by atoms with Crippen molar-refractivity contribution in [3.63, 3.8) is 0 Å². The summed E-state index contributed by atoms with van der Waals surface area (Å²) in [5, 5.41) is 15.1. The highest BCUT2D eigenvalue weighted by Crippen LogP contribution is 2.24. The Balaban J connectivity index is 2.26. The van der Waals surface area contributed by atoms with Gasteiger partial charge in [-0.15, -0.1) is 0 Å². The number of aliphatic hydroxyl groups is 1. The number of hydrogen-bond acceptors (Lipinski definition) is 4. The van der Waals surface area contributed by atoms with E-state index in [2.05, 4.69) is 37.1 Å². The van der Waals surface area contributed by atoms with Crippen molar-refractivity contribution < 1.29 is 5.11 Å². The summed E-state index contributed by atoms with van der Waals surface area (Å²) in [6.07, 6.45) is 2.66. The lowest BCUT2D eigenvalue weighted by atomic mass is 10.1. The molecule has 2 aromatic heterocycles. The molecule has 1 unspecified atom stereocenters. The Morgan fingerprint density at radius 1 is 1.37 bits per heavy atom. The van der Waals surface area contributed by atoms with Gasteiger partial charge in [-0.1, -0.05) is 12.1 Å². The maximum atomic E-state index is 9.79. The number of halogens is 1. The number of hydrogen-bond donors (Lipinski definition) is 1. The van der Waals surface area contributed by atoms with Crippen LogP contribution in [0.1, 0.15) is 18.7 Å². The highest BCUT2D eigenvalue weighted by molar-refractivity contribution is 9.10. The van der Waals surface area contributed by atoms with E-state index in [9.17, 15) is 5.11 Å². The number of rotatable bonds is 2. The summed E-state index contributed by atoms with van der Waals surface area (Å²) in [5.41, 5.74) is 1.43. The molecular formula is C13H10BrN4O. The van der Waals surface area contributed by atoms with Crippen molar-refractivity contribution in [3.05, 3.63) is 46.8 Å². The van der Waals surface area contributed by atoms with Crippen LogP contribution >= 0.6 is 15.9 Å². The van der Waals surface area contributed by atoms with Gasteiger partial charge >= 0.3 is 0 Å². The lowest BCUT2D eigenvalue weighted by Gasteiger charge is -2.00. The molecule has 6 heteroatoms. The molecule has 0 bridgehead atoms. The second kappa shape index (κ2) is 4.71. The Labute approximate surface area is 118 Å². The molecule has 1 N–H and O–H groups in total. The lowest BCUT2D eigenvalue weighted by Crippen LogP contribution is -2.03. The molecule has 95 valence electrons. The van der Waals surface area contributed by atoms with E-state index in [4.69, 9.17) is 0 Å². The maximum absolute atomic E-state index is 9.79. The minimum absolute atomic E-state index is 0.458. The molecular weight excluding hydrogens is 308 g/mol. The van der Waals surface area contributed by atoms with Crippen molar-refractivity contribution in [2.75, 3.05) is 0 Å². The van der Waals surface area contributed by atoms with Gasteiger partial charge in [0.05, 0.1) is 21.8 Å². The molecule has 0 aliphatic heterocycles. The van der Waals surface area contributed by atoms with Crippen molar-refractivity contribution in [2.24, 2.45) is 0 Å². The standard InChI is InChI=1S/C13H10BrN4O/c1-8(19)12-10-4-2-3-5-11(10)18(17-12)13-15-6-9(14)7-16-13/h2,4-8,19H,1H3. The molecule has 5 nitrogen and oxygen atoms in total. The van der Waals surface area contributed by atoms with E-state index in [0.29, 0.717) is 11.6 Å². The van der Waals surface area contributed by atoms with Crippen LogP contribution in [0.25, 0.3) is 16.9 Å². The molecule has 1 aromatic carbocycles. The lowest BCUT2D eigenvalue weighted by molar-refractivity contribution is 0.195. The molecule has 0 fully saturated rings. The Morgan fingerprint density at radius 3 is 2.79 bits per heavy atom. The van der Waals surface area contributed by atoms with Crippen LogP contribution in [0.4, 0.5) is 0 Å². The minimum atomic E-state index is -0.651. The molecule has 1 atom stereocenters. The van der Waals surface area contributed by atoms with E-state index in [1.165, 1.54) is 0 Å². The summed E-state index contributed by atoms with van der Waals surface area (Å²) < 4.78 is 2.41. The molecule has 0 aliphatic rings. The molecule has 0 saturated heterocycles. The number of fused-ring (bicyclic) bond motifs is 1. The van der Waals surface area contributed by atoms with Gasteiger partial charge in [-0.2, -0.15) is 9.78 Å². The molecule has 0 saturated carbocycles. The molecule has 0 amide bonds. The van der Waals surface area contributed by atoms with Crippen molar-refractivity contribution >= 4 is 26.8 Å². The molecule has 2 heterocycles. The van der Waals surface area contributed by atoms with Crippen LogP contribution in [0.2, 0.25) is 0 Å². The summed E-state index contributed by atoms with van der Waals surface area (Å²) in [7, 11) is 0. The Morgan fingerprint density at radius 2 is 2.11 bits per heavy atom. The molecule has 3 aromatic rings. The van der Waals surface area contributed by atoms with Crippen LogP contribution in [0.5, 0.6) is 0 Å².